The van der Waals surface area contributed by atoms with Crippen LogP contribution in [0.3, 0.4) is 0 Å². The summed E-state index contributed by atoms with van der Waals surface area (Å²) in [7, 11) is 0. The molecule has 0 saturated carbocycles. The molecule has 2 nitrogen and oxygen atoms in total. The first-order valence-corrected chi connectivity index (χ1v) is 5.11. The van der Waals surface area contributed by atoms with Gasteiger partial charge < -0.3 is 10.2 Å². The number of hydrogen-bond donors (Lipinski definition) is 1. The number of benzene rings is 1. The maximum absolute atomic E-state index is 13.0. The summed E-state index contributed by atoms with van der Waals surface area (Å²) >= 11 is 0. The first kappa shape index (κ1) is 10.4. The molecule has 0 radical (unpaired) electrons. The number of nitrogens with zero attached hydrogens (tertiary/aromatic N) is 1. The van der Waals surface area contributed by atoms with Crippen molar-refractivity contribution in [1.82, 2.24) is 5.32 Å². The SMILES string of the molecule is C[C@H]1CNCCN1c1ccc(F)c(F)c1. The van der Waals surface area contributed by atoms with Crippen LogP contribution in [0.5, 0.6) is 0 Å². The third kappa shape index (κ3) is 2.09. The van der Waals surface area contributed by atoms with Crippen molar-refractivity contribution in [2.45, 2.75) is 13.0 Å². The van der Waals surface area contributed by atoms with Crippen LogP contribution in [0.1, 0.15) is 6.92 Å². The van der Waals surface area contributed by atoms with Crippen LogP contribution in [0.2, 0.25) is 0 Å². The summed E-state index contributed by atoms with van der Waals surface area (Å²) in [5.41, 5.74) is 0.753. The monoisotopic (exact) mass is 212 g/mol. The zero-order valence-corrected chi connectivity index (χ0v) is 8.63. The van der Waals surface area contributed by atoms with E-state index in [0.717, 1.165) is 25.3 Å². The molecule has 0 bridgehead atoms. The zero-order chi connectivity index (χ0) is 10.8. The second kappa shape index (κ2) is 4.14. The summed E-state index contributed by atoms with van der Waals surface area (Å²) in [6.07, 6.45) is 0. The second-order valence-electron chi connectivity index (χ2n) is 3.84. The normalized spacial score (nSPS) is 21.8. The fraction of sp³-hybridized carbons (Fsp3) is 0.455. The smallest absolute Gasteiger partial charge is 0.160 e. The molecule has 82 valence electrons. The van der Waals surface area contributed by atoms with Crippen molar-refractivity contribution >= 4 is 5.69 Å². The van der Waals surface area contributed by atoms with E-state index in [0.29, 0.717) is 6.04 Å². The van der Waals surface area contributed by atoms with Crippen LogP contribution in [-0.4, -0.2) is 25.7 Å². The van der Waals surface area contributed by atoms with Crippen molar-refractivity contribution < 1.29 is 8.78 Å². The highest BCUT2D eigenvalue weighted by atomic mass is 19.2. The quantitative estimate of drug-likeness (QED) is 0.763. The number of hydrogen-bond acceptors (Lipinski definition) is 2. The van der Waals surface area contributed by atoms with E-state index in [1.165, 1.54) is 12.1 Å². The van der Waals surface area contributed by atoms with E-state index in [-0.39, 0.29) is 0 Å². The van der Waals surface area contributed by atoms with Gasteiger partial charge in [0.25, 0.3) is 0 Å². The van der Waals surface area contributed by atoms with Gasteiger partial charge in [0.05, 0.1) is 0 Å². The molecule has 1 heterocycles. The van der Waals surface area contributed by atoms with Crippen molar-refractivity contribution in [2.24, 2.45) is 0 Å². The van der Waals surface area contributed by atoms with Gasteiger partial charge in [-0.3, -0.25) is 0 Å². The predicted molar refractivity (Wildman–Crippen MR) is 56.0 cm³/mol. The maximum Gasteiger partial charge on any atom is 0.160 e. The van der Waals surface area contributed by atoms with Crippen LogP contribution in [0.25, 0.3) is 0 Å². The highest BCUT2D eigenvalue weighted by Crippen LogP contribution is 2.20. The molecule has 1 N–H and O–H groups in total. The summed E-state index contributed by atoms with van der Waals surface area (Å²) in [6, 6.07) is 4.38. The molecule has 1 atom stereocenters. The van der Waals surface area contributed by atoms with Gasteiger partial charge in [0, 0.05) is 37.4 Å². The minimum atomic E-state index is -0.790. The Morgan fingerprint density at radius 1 is 1.33 bits per heavy atom. The lowest BCUT2D eigenvalue weighted by molar-refractivity contribution is 0.491. The average molecular weight is 212 g/mol. The van der Waals surface area contributed by atoms with E-state index in [1.807, 2.05) is 0 Å². The minimum Gasteiger partial charge on any atom is -0.366 e. The van der Waals surface area contributed by atoms with E-state index in [1.54, 1.807) is 6.07 Å². The van der Waals surface area contributed by atoms with Crippen molar-refractivity contribution in [1.29, 1.82) is 0 Å². The molecule has 1 aliphatic rings. The standard InChI is InChI=1S/C11H14F2N2/c1-8-7-14-4-5-15(8)9-2-3-10(12)11(13)6-9/h2-3,6,8,14H,4-5,7H2,1H3/t8-/m0/s1. The van der Waals surface area contributed by atoms with E-state index >= 15 is 0 Å². The zero-order valence-electron chi connectivity index (χ0n) is 8.63. The fourth-order valence-electron chi connectivity index (χ4n) is 1.89. The molecular formula is C11H14F2N2. The molecule has 15 heavy (non-hydrogen) atoms. The number of anilines is 1. The molecule has 1 fully saturated rings. The Bertz CT molecular complexity index is 354. The third-order valence-corrected chi connectivity index (χ3v) is 2.74. The van der Waals surface area contributed by atoms with Gasteiger partial charge in [-0.05, 0) is 19.1 Å². The fourth-order valence-corrected chi connectivity index (χ4v) is 1.89. The van der Waals surface area contributed by atoms with Crippen molar-refractivity contribution in [2.75, 3.05) is 24.5 Å². The first-order valence-electron chi connectivity index (χ1n) is 5.11. The Hall–Kier alpha value is -1.16. The maximum atomic E-state index is 13.0. The van der Waals surface area contributed by atoms with Gasteiger partial charge in [0.1, 0.15) is 0 Å². The topological polar surface area (TPSA) is 15.3 Å². The van der Waals surface area contributed by atoms with Gasteiger partial charge >= 0.3 is 0 Å². The molecule has 2 rings (SSSR count). The summed E-state index contributed by atoms with van der Waals surface area (Å²) < 4.78 is 25.8. The molecule has 4 heteroatoms. The van der Waals surface area contributed by atoms with Gasteiger partial charge in [0.15, 0.2) is 11.6 Å². The Morgan fingerprint density at radius 2 is 2.13 bits per heavy atom. The summed E-state index contributed by atoms with van der Waals surface area (Å²) in [6.45, 7) is 4.64. The van der Waals surface area contributed by atoms with Crippen LogP contribution in [0, 0.1) is 11.6 Å². The minimum absolute atomic E-state index is 0.309. The third-order valence-electron chi connectivity index (χ3n) is 2.74. The Labute approximate surface area is 87.9 Å². The van der Waals surface area contributed by atoms with Crippen LogP contribution < -0.4 is 10.2 Å². The van der Waals surface area contributed by atoms with Crippen molar-refractivity contribution in [3.05, 3.63) is 29.8 Å². The molecule has 0 amide bonds. The van der Waals surface area contributed by atoms with E-state index in [9.17, 15) is 8.78 Å². The van der Waals surface area contributed by atoms with Gasteiger partial charge in [-0.15, -0.1) is 0 Å². The number of rotatable bonds is 1. The van der Waals surface area contributed by atoms with Gasteiger partial charge in [-0.1, -0.05) is 0 Å². The largest absolute Gasteiger partial charge is 0.366 e. The highest BCUT2D eigenvalue weighted by Gasteiger charge is 2.18. The summed E-state index contributed by atoms with van der Waals surface area (Å²) in [5, 5.41) is 3.25. The molecule has 1 aliphatic heterocycles. The molecular weight excluding hydrogens is 198 g/mol. The summed E-state index contributed by atoms with van der Waals surface area (Å²) in [5.74, 6) is -1.57. The molecule has 0 aromatic heterocycles. The lowest BCUT2D eigenvalue weighted by Crippen LogP contribution is -2.49. The van der Waals surface area contributed by atoms with E-state index in [4.69, 9.17) is 0 Å². The molecule has 0 spiro atoms. The van der Waals surface area contributed by atoms with Crippen molar-refractivity contribution in [3.63, 3.8) is 0 Å². The predicted octanol–water partition coefficient (Wildman–Crippen LogP) is 1.76. The van der Waals surface area contributed by atoms with Gasteiger partial charge in [0.2, 0.25) is 0 Å². The van der Waals surface area contributed by atoms with Crippen LogP contribution in [-0.2, 0) is 0 Å². The van der Waals surface area contributed by atoms with Gasteiger partial charge in [-0.25, -0.2) is 8.78 Å². The first-order chi connectivity index (χ1) is 7.18. The average Bonchev–Trinajstić information content (AvgIpc) is 2.23. The second-order valence-corrected chi connectivity index (χ2v) is 3.84. The molecule has 1 saturated heterocycles. The van der Waals surface area contributed by atoms with Crippen LogP contribution in [0.4, 0.5) is 14.5 Å². The molecule has 0 aliphatic carbocycles. The molecule has 0 unspecified atom stereocenters. The molecule has 1 aromatic carbocycles. The molecule has 1 aromatic rings. The Morgan fingerprint density at radius 3 is 2.80 bits per heavy atom. The van der Waals surface area contributed by atoms with E-state index in [2.05, 4.69) is 17.1 Å². The number of halogens is 2. The van der Waals surface area contributed by atoms with Gasteiger partial charge in [-0.2, -0.15) is 0 Å². The Kier molecular flexibility index (Phi) is 2.86. The summed E-state index contributed by atoms with van der Waals surface area (Å²) in [4.78, 5) is 2.08. The number of piperazine rings is 1. The van der Waals surface area contributed by atoms with Crippen molar-refractivity contribution in [3.8, 4) is 0 Å². The van der Waals surface area contributed by atoms with E-state index < -0.39 is 11.6 Å². The number of nitrogens with one attached hydrogen (secondary N) is 1. The highest BCUT2D eigenvalue weighted by molar-refractivity contribution is 5.48. The van der Waals surface area contributed by atoms with Crippen LogP contribution in [0.15, 0.2) is 18.2 Å². The lowest BCUT2D eigenvalue weighted by Gasteiger charge is -2.35. The van der Waals surface area contributed by atoms with Crippen LogP contribution >= 0.6 is 0 Å². The lowest BCUT2D eigenvalue weighted by atomic mass is 10.2. The Balaban J connectivity index is 2.24.